The van der Waals surface area contributed by atoms with E-state index in [1.54, 1.807) is 7.11 Å². The number of Topliss-reactive ketones (excluding diaryl/α,β-unsaturated/α-hetero) is 1. The van der Waals surface area contributed by atoms with Crippen molar-refractivity contribution in [3.8, 4) is 5.75 Å². The Balaban J connectivity index is 2.00. The standard InChI is InChI=1S/C15H21NO2S/c1-11-8-16(9-12(2)19-11)10-15(17)13-5-4-6-14(7-13)18-3/h4-7,11-12H,8-10H2,1-3H3. The number of carbonyl (C=O) groups is 1. The number of ketones is 1. The van der Waals surface area contributed by atoms with Crippen molar-refractivity contribution >= 4 is 17.5 Å². The highest BCUT2D eigenvalue weighted by Crippen LogP contribution is 2.24. The Bertz CT molecular complexity index is 440. The van der Waals surface area contributed by atoms with Gasteiger partial charge in [0.25, 0.3) is 0 Å². The molecule has 0 radical (unpaired) electrons. The fourth-order valence-corrected chi connectivity index (χ4v) is 3.89. The second-order valence-electron chi connectivity index (χ2n) is 5.11. The average Bonchev–Trinajstić information content (AvgIpc) is 2.37. The molecule has 1 aromatic rings. The summed E-state index contributed by atoms with van der Waals surface area (Å²) in [5.41, 5.74) is 0.734. The molecule has 0 spiro atoms. The molecule has 0 aliphatic carbocycles. The topological polar surface area (TPSA) is 29.5 Å². The normalized spacial score (nSPS) is 24.2. The molecule has 1 saturated heterocycles. The molecular weight excluding hydrogens is 258 g/mol. The van der Waals surface area contributed by atoms with Crippen molar-refractivity contribution in [2.24, 2.45) is 0 Å². The number of carbonyl (C=O) groups excluding carboxylic acids is 1. The molecule has 0 amide bonds. The molecule has 1 heterocycles. The van der Waals surface area contributed by atoms with Crippen LogP contribution < -0.4 is 4.74 Å². The van der Waals surface area contributed by atoms with Crippen LogP contribution in [-0.2, 0) is 0 Å². The van der Waals surface area contributed by atoms with Crippen LogP contribution in [0.1, 0.15) is 24.2 Å². The average molecular weight is 279 g/mol. The van der Waals surface area contributed by atoms with E-state index in [9.17, 15) is 4.79 Å². The molecule has 1 aromatic carbocycles. The molecule has 3 nitrogen and oxygen atoms in total. The van der Waals surface area contributed by atoms with Crippen molar-refractivity contribution in [3.63, 3.8) is 0 Å². The van der Waals surface area contributed by atoms with Gasteiger partial charge in [0.15, 0.2) is 5.78 Å². The highest BCUT2D eigenvalue weighted by Gasteiger charge is 2.24. The fourth-order valence-electron chi connectivity index (χ4n) is 2.50. The van der Waals surface area contributed by atoms with Crippen LogP contribution in [-0.4, -0.2) is 47.9 Å². The van der Waals surface area contributed by atoms with Gasteiger partial charge >= 0.3 is 0 Å². The van der Waals surface area contributed by atoms with Crippen LogP contribution in [0.25, 0.3) is 0 Å². The molecule has 2 atom stereocenters. The second-order valence-corrected chi connectivity index (χ2v) is 6.99. The summed E-state index contributed by atoms with van der Waals surface area (Å²) in [6, 6.07) is 7.39. The van der Waals surface area contributed by atoms with E-state index >= 15 is 0 Å². The lowest BCUT2D eigenvalue weighted by atomic mass is 10.1. The van der Waals surface area contributed by atoms with Crippen molar-refractivity contribution in [2.75, 3.05) is 26.7 Å². The minimum absolute atomic E-state index is 0.171. The van der Waals surface area contributed by atoms with Crippen LogP contribution in [0.5, 0.6) is 5.75 Å². The first-order chi connectivity index (χ1) is 9.08. The minimum Gasteiger partial charge on any atom is -0.497 e. The molecule has 0 bridgehead atoms. The number of benzene rings is 1. The Morgan fingerprint density at radius 2 is 2.05 bits per heavy atom. The van der Waals surface area contributed by atoms with Crippen LogP contribution in [0.2, 0.25) is 0 Å². The monoisotopic (exact) mass is 279 g/mol. The Labute approximate surface area is 119 Å². The Hall–Kier alpha value is -1.00. The summed E-state index contributed by atoms with van der Waals surface area (Å²) in [5, 5.41) is 1.20. The molecule has 1 aliphatic heterocycles. The van der Waals surface area contributed by atoms with Crippen LogP contribution in [0.3, 0.4) is 0 Å². The predicted octanol–water partition coefficient (Wildman–Crippen LogP) is 2.70. The van der Waals surface area contributed by atoms with E-state index in [1.807, 2.05) is 36.0 Å². The van der Waals surface area contributed by atoms with Gasteiger partial charge in [-0.2, -0.15) is 11.8 Å². The van der Waals surface area contributed by atoms with E-state index in [0.29, 0.717) is 17.0 Å². The van der Waals surface area contributed by atoms with E-state index < -0.39 is 0 Å². The van der Waals surface area contributed by atoms with Crippen molar-refractivity contribution in [2.45, 2.75) is 24.3 Å². The highest BCUT2D eigenvalue weighted by molar-refractivity contribution is 8.00. The third-order valence-electron chi connectivity index (χ3n) is 3.25. The van der Waals surface area contributed by atoms with Gasteiger partial charge in [0.2, 0.25) is 0 Å². The molecule has 4 heteroatoms. The van der Waals surface area contributed by atoms with E-state index in [4.69, 9.17) is 4.74 Å². The quantitative estimate of drug-likeness (QED) is 0.793. The molecule has 19 heavy (non-hydrogen) atoms. The summed E-state index contributed by atoms with van der Waals surface area (Å²) >= 11 is 2.00. The van der Waals surface area contributed by atoms with Crippen LogP contribution >= 0.6 is 11.8 Å². The summed E-state index contributed by atoms with van der Waals surface area (Å²) in [6.07, 6.45) is 0. The summed E-state index contributed by atoms with van der Waals surface area (Å²) in [7, 11) is 1.62. The van der Waals surface area contributed by atoms with Crippen LogP contribution in [0.15, 0.2) is 24.3 Å². The number of nitrogens with zero attached hydrogens (tertiary/aromatic N) is 1. The van der Waals surface area contributed by atoms with E-state index in [1.165, 1.54) is 0 Å². The molecule has 0 N–H and O–H groups in total. The van der Waals surface area contributed by atoms with E-state index in [0.717, 1.165) is 24.4 Å². The first-order valence-corrected chi connectivity index (χ1v) is 7.58. The van der Waals surface area contributed by atoms with Gasteiger partial charge in [-0.3, -0.25) is 9.69 Å². The minimum atomic E-state index is 0.171. The SMILES string of the molecule is COc1cccc(C(=O)CN2CC(C)SC(C)C2)c1. The van der Waals surface area contributed by atoms with Crippen molar-refractivity contribution in [1.29, 1.82) is 0 Å². The Morgan fingerprint density at radius 3 is 2.68 bits per heavy atom. The number of hydrogen-bond acceptors (Lipinski definition) is 4. The number of rotatable bonds is 4. The van der Waals surface area contributed by atoms with Crippen molar-refractivity contribution in [1.82, 2.24) is 4.90 Å². The van der Waals surface area contributed by atoms with E-state index in [-0.39, 0.29) is 5.78 Å². The van der Waals surface area contributed by atoms with Gasteiger partial charge in [-0.05, 0) is 12.1 Å². The molecular formula is C15H21NO2S. The fraction of sp³-hybridized carbons (Fsp3) is 0.533. The zero-order chi connectivity index (χ0) is 13.8. The predicted molar refractivity (Wildman–Crippen MR) is 80.3 cm³/mol. The molecule has 2 unspecified atom stereocenters. The summed E-state index contributed by atoms with van der Waals surface area (Å²) in [6.45, 7) is 6.94. The molecule has 0 saturated carbocycles. The van der Waals surface area contributed by atoms with E-state index in [2.05, 4.69) is 18.7 Å². The van der Waals surface area contributed by atoms with Crippen molar-refractivity contribution in [3.05, 3.63) is 29.8 Å². The molecule has 104 valence electrons. The zero-order valence-corrected chi connectivity index (χ0v) is 12.6. The molecule has 0 aromatic heterocycles. The third-order valence-corrected chi connectivity index (χ3v) is 4.48. The maximum absolute atomic E-state index is 12.3. The number of methoxy groups -OCH3 is 1. The van der Waals surface area contributed by atoms with Gasteiger partial charge in [-0.1, -0.05) is 26.0 Å². The first kappa shape index (κ1) is 14.4. The second kappa shape index (κ2) is 6.44. The maximum atomic E-state index is 12.3. The van der Waals surface area contributed by atoms with Gasteiger partial charge in [0, 0.05) is 29.2 Å². The first-order valence-electron chi connectivity index (χ1n) is 6.63. The summed E-state index contributed by atoms with van der Waals surface area (Å²) < 4.78 is 5.16. The molecule has 1 aliphatic rings. The van der Waals surface area contributed by atoms with Gasteiger partial charge in [0.05, 0.1) is 13.7 Å². The van der Waals surface area contributed by atoms with Gasteiger partial charge in [-0.25, -0.2) is 0 Å². The van der Waals surface area contributed by atoms with Gasteiger partial charge < -0.3 is 4.74 Å². The summed E-state index contributed by atoms with van der Waals surface area (Å²) in [4.78, 5) is 14.5. The number of hydrogen-bond donors (Lipinski definition) is 0. The van der Waals surface area contributed by atoms with Gasteiger partial charge in [-0.15, -0.1) is 0 Å². The summed E-state index contributed by atoms with van der Waals surface area (Å²) in [5.74, 6) is 0.909. The Kier molecular flexibility index (Phi) is 4.88. The van der Waals surface area contributed by atoms with Crippen molar-refractivity contribution < 1.29 is 9.53 Å². The lowest BCUT2D eigenvalue weighted by Gasteiger charge is -2.34. The number of ether oxygens (including phenoxy) is 1. The molecule has 1 fully saturated rings. The third kappa shape index (κ3) is 3.98. The number of thioether (sulfide) groups is 1. The maximum Gasteiger partial charge on any atom is 0.176 e. The lowest BCUT2D eigenvalue weighted by molar-refractivity contribution is 0.0929. The lowest BCUT2D eigenvalue weighted by Crippen LogP contribution is -2.42. The highest BCUT2D eigenvalue weighted by atomic mass is 32.2. The van der Waals surface area contributed by atoms with Crippen LogP contribution in [0, 0.1) is 0 Å². The Morgan fingerprint density at radius 1 is 1.37 bits per heavy atom. The van der Waals surface area contributed by atoms with Gasteiger partial charge in [0.1, 0.15) is 5.75 Å². The largest absolute Gasteiger partial charge is 0.497 e. The smallest absolute Gasteiger partial charge is 0.176 e. The van der Waals surface area contributed by atoms with Crippen LogP contribution in [0.4, 0.5) is 0 Å². The zero-order valence-electron chi connectivity index (χ0n) is 11.8. The molecule has 2 rings (SSSR count).